The normalized spacial score (nSPS) is 12.7. The molecule has 0 fully saturated rings. The van der Waals surface area contributed by atoms with E-state index in [1.165, 1.54) is 5.56 Å². The molecule has 0 aliphatic rings. The number of hydrogen-bond acceptors (Lipinski definition) is 2. The first kappa shape index (κ1) is 12.5. The van der Waals surface area contributed by atoms with Gasteiger partial charge in [-0.2, -0.15) is 0 Å². The zero-order valence-electron chi connectivity index (χ0n) is 9.29. The molecular weight excluding hydrogens is 210 g/mol. The SMILES string of the molecule is CC[C@@H](COC)NCc1cccc(Cl)c1. The van der Waals surface area contributed by atoms with Gasteiger partial charge in [0.15, 0.2) is 0 Å². The zero-order valence-corrected chi connectivity index (χ0v) is 10.1. The van der Waals surface area contributed by atoms with Crippen LogP contribution in [0.4, 0.5) is 0 Å². The summed E-state index contributed by atoms with van der Waals surface area (Å²) in [5, 5.41) is 4.22. The number of hydrogen-bond donors (Lipinski definition) is 1. The van der Waals surface area contributed by atoms with Gasteiger partial charge in [-0.25, -0.2) is 0 Å². The second kappa shape index (κ2) is 6.83. The van der Waals surface area contributed by atoms with Crippen molar-refractivity contribution in [1.82, 2.24) is 5.32 Å². The molecule has 0 bridgehead atoms. The summed E-state index contributed by atoms with van der Waals surface area (Å²) < 4.78 is 5.12. The Morgan fingerprint density at radius 3 is 2.87 bits per heavy atom. The fourth-order valence-electron chi connectivity index (χ4n) is 1.43. The number of methoxy groups -OCH3 is 1. The van der Waals surface area contributed by atoms with Gasteiger partial charge in [0.05, 0.1) is 6.61 Å². The fraction of sp³-hybridized carbons (Fsp3) is 0.500. The van der Waals surface area contributed by atoms with Crippen molar-refractivity contribution in [2.75, 3.05) is 13.7 Å². The van der Waals surface area contributed by atoms with Crippen LogP contribution in [0.25, 0.3) is 0 Å². The molecule has 84 valence electrons. The maximum atomic E-state index is 5.90. The molecule has 0 aromatic heterocycles. The third-order valence-electron chi connectivity index (χ3n) is 2.34. The summed E-state index contributed by atoms with van der Waals surface area (Å²) in [4.78, 5) is 0. The standard InChI is InChI=1S/C12H18ClNO/c1-3-12(9-15-2)14-8-10-5-4-6-11(13)7-10/h4-7,12,14H,3,8-9H2,1-2H3/t12-/m0/s1. The van der Waals surface area contributed by atoms with Gasteiger partial charge in [-0.05, 0) is 24.1 Å². The summed E-state index contributed by atoms with van der Waals surface area (Å²) in [7, 11) is 1.73. The molecule has 2 nitrogen and oxygen atoms in total. The first-order valence-corrected chi connectivity index (χ1v) is 5.60. The Bertz CT molecular complexity index is 291. The van der Waals surface area contributed by atoms with Gasteiger partial charge in [0.2, 0.25) is 0 Å². The minimum Gasteiger partial charge on any atom is -0.383 e. The maximum Gasteiger partial charge on any atom is 0.0615 e. The van der Waals surface area contributed by atoms with Crippen LogP contribution in [0.3, 0.4) is 0 Å². The van der Waals surface area contributed by atoms with Gasteiger partial charge in [0.1, 0.15) is 0 Å². The van der Waals surface area contributed by atoms with E-state index < -0.39 is 0 Å². The molecule has 0 radical (unpaired) electrons. The topological polar surface area (TPSA) is 21.3 Å². The number of nitrogens with one attached hydrogen (secondary N) is 1. The molecule has 3 heteroatoms. The van der Waals surface area contributed by atoms with Crippen molar-refractivity contribution in [3.8, 4) is 0 Å². The Balaban J connectivity index is 2.41. The summed E-state index contributed by atoms with van der Waals surface area (Å²) in [6.45, 7) is 3.73. The van der Waals surface area contributed by atoms with E-state index >= 15 is 0 Å². The van der Waals surface area contributed by atoms with E-state index in [2.05, 4.69) is 18.3 Å². The molecule has 1 atom stereocenters. The molecule has 0 heterocycles. The molecule has 0 aliphatic carbocycles. The second-order valence-corrected chi connectivity index (χ2v) is 4.01. The average molecular weight is 228 g/mol. The molecule has 1 aromatic carbocycles. The van der Waals surface area contributed by atoms with Gasteiger partial charge in [-0.1, -0.05) is 30.7 Å². The number of ether oxygens (including phenoxy) is 1. The first-order chi connectivity index (χ1) is 7.26. The zero-order chi connectivity index (χ0) is 11.1. The lowest BCUT2D eigenvalue weighted by molar-refractivity contribution is 0.164. The van der Waals surface area contributed by atoms with Gasteiger partial charge in [0.25, 0.3) is 0 Å². The summed E-state index contributed by atoms with van der Waals surface area (Å²) in [6.07, 6.45) is 1.06. The van der Waals surface area contributed by atoms with Crippen molar-refractivity contribution < 1.29 is 4.74 Å². The quantitative estimate of drug-likeness (QED) is 0.807. The highest BCUT2D eigenvalue weighted by molar-refractivity contribution is 6.30. The van der Waals surface area contributed by atoms with Crippen LogP contribution in [-0.4, -0.2) is 19.8 Å². The van der Waals surface area contributed by atoms with Crippen molar-refractivity contribution in [1.29, 1.82) is 0 Å². The smallest absolute Gasteiger partial charge is 0.0615 e. The van der Waals surface area contributed by atoms with Crippen molar-refractivity contribution in [3.63, 3.8) is 0 Å². The Morgan fingerprint density at radius 2 is 2.27 bits per heavy atom. The van der Waals surface area contributed by atoms with Crippen LogP contribution >= 0.6 is 11.6 Å². The van der Waals surface area contributed by atoms with Gasteiger partial charge in [0, 0.05) is 24.7 Å². The predicted octanol–water partition coefficient (Wildman–Crippen LogP) is 2.85. The Labute approximate surface area is 96.6 Å². The highest BCUT2D eigenvalue weighted by Gasteiger charge is 2.04. The minimum absolute atomic E-state index is 0.411. The molecule has 1 rings (SSSR count). The van der Waals surface area contributed by atoms with Gasteiger partial charge in [-0.15, -0.1) is 0 Å². The molecule has 1 aromatic rings. The third-order valence-corrected chi connectivity index (χ3v) is 2.58. The van der Waals surface area contributed by atoms with Crippen LogP contribution in [0.15, 0.2) is 24.3 Å². The molecular formula is C12H18ClNO. The summed E-state index contributed by atoms with van der Waals surface area (Å²) in [5.74, 6) is 0. The number of halogens is 1. The van der Waals surface area contributed by atoms with Crippen LogP contribution in [0, 0.1) is 0 Å². The molecule has 0 amide bonds. The fourth-order valence-corrected chi connectivity index (χ4v) is 1.64. The van der Waals surface area contributed by atoms with Gasteiger partial charge in [-0.3, -0.25) is 0 Å². The van der Waals surface area contributed by atoms with Crippen LogP contribution in [0.2, 0.25) is 5.02 Å². The van der Waals surface area contributed by atoms with E-state index in [0.717, 1.165) is 24.6 Å². The van der Waals surface area contributed by atoms with Gasteiger partial charge < -0.3 is 10.1 Å². The van der Waals surface area contributed by atoms with Crippen molar-refractivity contribution in [2.45, 2.75) is 25.9 Å². The monoisotopic (exact) mass is 227 g/mol. The van der Waals surface area contributed by atoms with Crippen LogP contribution in [-0.2, 0) is 11.3 Å². The molecule has 0 spiro atoms. The summed E-state index contributed by atoms with van der Waals surface area (Å²) >= 11 is 5.90. The van der Waals surface area contributed by atoms with Crippen LogP contribution in [0.5, 0.6) is 0 Å². The van der Waals surface area contributed by atoms with E-state index in [9.17, 15) is 0 Å². The highest BCUT2D eigenvalue weighted by Crippen LogP contribution is 2.10. The molecule has 0 saturated carbocycles. The molecule has 15 heavy (non-hydrogen) atoms. The summed E-state index contributed by atoms with van der Waals surface area (Å²) in [5.41, 5.74) is 1.21. The Kier molecular flexibility index (Phi) is 5.69. The minimum atomic E-state index is 0.411. The molecule has 0 saturated heterocycles. The number of benzene rings is 1. The Hall–Kier alpha value is -0.570. The largest absolute Gasteiger partial charge is 0.383 e. The first-order valence-electron chi connectivity index (χ1n) is 5.23. The van der Waals surface area contributed by atoms with E-state index in [4.69, 9.17) is 16.3 Å². The number of rotatable bonds is 6. The highest BCUT2D eigenvalue weighted by atomic mass is 35.5. The predicted molar refractivity (Wildman–Crippen MR) is 64.2 cm³/mol. The lowest BCUT2D eigenvalue weighted by Gasteiger charge is -2.15. The van der Waals surface area contributed by atoms with Crippen molar-refractivity contribution in [3.05, 3.63) is 34.9 Å². The van der Waals surface area contributed by atoms with Gasteiger partial charge >= 0.3 is 0 Å². The third kappa shape index (κ3) is 4.65. The summed E-state index contributed by atoms with van der Waals surface area (Å²) in [6, 6.07) is 8.31. The molecule has 1 N–H and O–H groups in total. The van der Waals surface area contributed by atoms with Crippen LogP contribution < -0.4 is 5.32 Å². The van der Waals surface area contributed by atoms with E-state index in [1.807, 2.05) is 18.2 Å². The molecule has 0 unspecified atom stereocenters. The second-order valence-electron chi connectivity index (χ2n) is 3.57. The van der Waals surface area contributed by atoms with Crippen molar-refractivity contribution >= 4 is 11.6 Å². The van der Waals surface area contributed by atoms with E-state index in [-0.39, 0.29) is 0 Å². The van der Waals surface area contributed by atoms with Crippen molar-refractivity contribution in [2.24, 2.45) is 0 Å². The van der Waals surface area contributed by atoms with Crippen LogP contribution in [0.1, 0.15) is 18.9 Å². The Morgan fingerprint density at radius 1 is 1.47 bits per heavy atom. The van der Waals surface area contributed by atoms with E-state index in [1.54, 1.807) is 7.11 Å². The van der Waals surface area contributed by atoms with E-state index in [0.29, 0.717) is 6.04 Å². The maximum absolute atomic E-state index is 5.90. The lowest BCUT2D eigenvalue weighted by atomic mass is 10.2. The lowest BCUT2D eigenvalue weighted by Crippen LogP contribution is -2.31. The average Bonchev–Trinajstić information content (AvgIpc) is 2.24. The molecule has 0 aliphatic heterocycles.